The third kappa shape index (κ3) is 3.12. The molecule has 0 saturated carbocycles. The van der Waals surface area contributed by atoms with Crippen LogP contribution in [0.4, 0.5) is 0 Å². The van der Waals surface area contributed by atoms with Crippen molar-refractivity contribution >= 4 is 11.6 Å². The van der Waals surface area contributed by atoms with Gasteiger partial charge in [0.15, 0.2) is 0 Å². The second-order valence-corrected chi connectivity index (χ2v) is 4.89. The molecule has 1 nitrogen and oxygen atoms in total. The Morgan fingerprint density at radius 1 is 1.06 bits per heavy atom. The van der Waals surface area contributed by atoms with Gasteiger partial charge in [0.2, 0.25) is 0 Å². The quantitative estimate of drug-likeness (QED) is 0.865. The Bertz CT molecular complexity index is 505. The SMILES string of the molecule is CCCc1ccc(C(O)c2cccc(Cl)c2)cc1. The summed E-state index contributed by atoms with van der Waals surface area (Å²) in [6.45, 7) is 2.16. The number of aliphatic hydroxyl groups is 1. The van der Waals surface area contributed by atoms with E-state index in [1.165, 1.54) is 5.56 Å². The molecule has 0 aliphatic heterocycles. The lowest BCUT2D eigenvalue weighted by molar-refractivity contribution is 0.220. The van der Waals surface area contributed by atoms with E-state index in [2.05, 4.69) is 19.1 Å². The zero-order valence-corrected chi connectivity index (χ0v) is 11.2. The van der Waals surface area contributed by atoms with Crippen LogP contribution >= 0.6 is 11.6 Å². The molecule has 0 fully saturated rings. The summed E-state index contributed by atoms with van der Waals surface area (Å²) in [5, 5.41) is 10.9. The first-order valence-corrected chi connectivity index (χ1v) is 6.61. The van der Waals surface area contributed by atoms with Crippen molar-refractivity contribution in [3.05, 3.63) is 70.2 Å². The smallest absolute Gasteiger partial charge is 0.104 e. The van der Waals surface area contributed by atoms with Crippen LogP contribution in [0.1, 0.15) is 36.1 Å². The molecule has 2 aromatic rings. The fraction of sp³-hybridized carbons (Fsp3) is 0.250. The first-order valence-electron chi connectivity index (χ1n) is 6.23. The largest absolute Gasteiger partial charge is 0.384 e. The van der Waals surface area contributed by atoms with Crippen LogP contribution in [0.5, 0.6) is 0 Å². The molecule has 0 heterocycles. The Balaban J connectivity index is 2.20. The van der Waals surface area contributed by atoms with Gasteiger partial charge in [-0.15, -0.1) is 0 Å². The highest BCUT2D eigenvalue weighted by Gasteiger charge is 2.10. The number of aliphatic hydroxyl groups excluding tert-OH is 1. The molecule has 2 aromatic carbocycles. The number of hydrogen-bond donors (Lipinski definition) is 1. The van der Waals surface area contributed by atoms with Crippen molar-refractivity contribution < 1.29 is 5.11 Å². The Morgan fingerprint density at radius 2 is 1.78 bits per heavy atom. The van der Waals surface area contributed by atoms with Gasteiger partial charge in [-0.1, -0.05) is 61.3 Å². The van der Waals surface area contributed by atoms with Crippen molar-refractivity contribution in [3.63, 3.8) is 0 Å². The van der Waals surface area contributed by atoms with Gasteiger partial charge in [-0.3, -0.25) is 0 Å². The second-order valence-electron chi connectivity index (χ2n) is 4.45. The summed E-state index contributed by atoms with van der Waals surface area (Å²) in [5.74, 6) is 0. The summed E-state index contributed by atoms with van der Waals surface area (Å²) in [6.07, 6.45) is 1.60. The molecule has 0 aliphatic rings. The van der Waals surface area contributed by atoms with Gasteiger partial charge >= 0.3 is 0 Å². The topological polar surface area (TPSA) is 20.2 Å². The fourth-order valence-corrected chi connectivity index (χ4v) is 2.22. The molecule has 1 atom stereocenters. The molecular formula is C16H17ClO. The molecule has 1 unspecified atom stereocenters. The lowest BCUT2D eigenvalue weighted by Crippen LogP contribution is -1.99. The summed E-state index contributed by atoms with van der Waals surface area (Å²) in [7, 11) is 0. The first kappa shape index (κ1) is 13.1. The van der Waals surface area contributed by atoms with E-state index < -0.39 is 6.10 Å². The van der Waals surface area contributed by atoms with Crippen molar-refractivity contribution in [2.24, 2.45) is 0 Å². The third-order valence-corrected chi connectivity index (χ3v) is 3.23. The van der Waals surface area contributed by atoms with E-state index in [9.17, 15) is 5.11 Å². The van der Waals surface area contributed by atoms with Crippen LogP contribution in [0.15, 0.2) is 48.5 Å². The van der Waals surface area contributed by atoms with E-state index in [0.717, 1.165) is 24.0 Å². The van der Waals surface area contributed by atoms with E-state index in [-0.39, 0.29) is 0 Å². The van der Waals surface area contributed by atoms with Crippen molar-refractivity contribution in [2.75, 3.05) is 0 Å². The zero-order valence-electron chi connectivity index (χ0n) is 10.4. The van der Waals surface area contributed by atoms with Gasteiger partial charge in [0, 0.05) is 5.02 Å². The molecule has 0 radical (unpaired) electrons. The molecule has 2 rings (SSSR count). The van der Waals surface area contributed by atoms with E-state index in [1.807, 2.05) is 30.3 Å². The second kappa shape index (κ2) is 6.03. The zero-order chi connectivity index (χ0) is 13.0. The number of aryl methyl sites for hydroxylation is 1. The van der Waals surface area contributed by atoms with Crippen LogP contribution in [-0.2, 0) is 6.42 Å². The minimum atomic E-state index is -0.612. The van der Waals surface area contributed by atoms with Crippen molar-refractivity contribution in [1.29, 1.82) is 0 Å². The molecular weight excluding hydrogens is 244 g/mol. The molecule has 2 heteroatoms. The number of benzene rings is 2. The molecule has 94 valence electrons. The molecule has 0 bridgehead atoms. The maximum Gasteiger partial charge on any atom is 0.104 e. The van der Waals surface area contributed by atoms with E-state index >= 15 is 0 Å². The Kier molecular flexibility index (Phi) is 4.40. The van der Waals surface area contributed by atoms with Crippen LogP contribution in [0.2, 0.25) is 5.02 Å². The fourth-order valence-electron chi connectivity index (χ4n) is 2.02. The highest BCUT2D eigenvalue weighted by Crippen LogP contribution is 2.24. The minimum Gasteiger partial charge on any atom is -0.384 e. The molecule has 0 aliphatic carbocycles. The van der Waals surface area contributed by atoms with Gasteiger partial charge in [0.25, 0.3) is 0 Å². The predicted octanol–water partition coefficient (Wildman–Crippen LogP) is 4.37. The molecule has 0 aromatic heterocycles. The molecule has 0 amide bonds. The lowest BCUT2D eigenvalue weighted by atomic mass is 9.99. The van der Waals surface area contributed by atoms with E-state index in [1.54, 1.807) is 6.07 Å². The van der Waals surface area contributed by atoms with Crippen LogP contribution in [-0.4, -0.2) is 5.11 Å². The molecule has 0 saturated heterocycles. The minimum absolute atomic E-state index is 0.612. The number of hydrogen-bond acceptors (Lipinski definition) is 1. The van der Waals surface area contributed by atoms with Gasteiger partial charge in [0.05, 0.1) is 0 Å². The summed E-state index contributed by atoms with van der Waals surface area (Å²) >= 11 is 5.93. The highest BCUT2D eigenvalue weighted by molar-refractivity contribution is 6.30. The monoisotopic (exact) mass is 260 g/mol. The Hall–Kier alpha value is -1.31. The van der Waals surface area contributed by atoms with Crippen LogP contribution in [0.3, 0.4) is 0 Å². The normalized spacial score (nSPS) is 12.4. The summed E-state index contributed by atoms with van der Waals surface area (Å²) in [5.41, 5.74) is 3.03. The van der Waals surface area contributed by atoms with Crippen LogP contribution in [0.25, 0.3) is 0 Å². The molecule has 18 heavy (non-hydrogen) atoms. The summed E-state index contributed by atoms with van der Waals surface area (Å²) in [6, 6.07) is 15.5. The maximum atomic E-state index is 10.3. The van der Waals surface area contributed by atoms with E-state index in [4.69, 9.17) is 11.6 Å². The van der Waals surface area contributed by atoms with E-state index in [0.29, 0.717) is 5.02 Å². The number of rotatable bonds is 4. The van der Waals surface area contributed by atoms with Crippen LogP contribution < -0.4 is 0 Å². The third-order valence-electron chi connectivity index (χ3n) is 3.00. The Labute approximate surface area is 113 Å². The average molecular weight is 261 g/mol. The van der Waals surface area contributed by atoms with Crippen molar-refractivity contribution in [2.45, 2.75) is 25.9 Å². The number of halogens is 1. The maximum absolute atomic E-state index is 10.3. The average Bonchev–Trinajstić information content (AvgIpc) is 2.39. The summed E-state index contributed by atoms with van der Waals surface area (Å²) < 4.78 is 0. The predicted molar refractivity (Wildman–Crippen MR) is 76.0 cm³/mol. The Morgan fingerprint density at radius 3 is 2.39 bits per heavy atom. The van der Waals surface area contributed by atoms with Gasteiger partial charge in [-0.2, -0.15) is 0 Å². The van der Waals surface area contributed by atoms with Crippen molar-refractivity contribution in [3.8, 4) is 0 Å². The first-order chi connectivity index (χ1) is 8.70. The van der Waals surface area contributed by atoms with Gasteiger partial charge in [0.1, 0.15) is 6.10 Å². The van der Waals surface area contributed by atoms with Gasteiger partial charge in [-0.25, -0.2) is 0 Å². The van der Waals surface area contributed by atoms with Gasteiger partial charge < -0.3 is 5.11 Å². The molecule has 0 spiro atoms. The highest BCUT2D eigenvalue weighted by atomic mass is 35.5. The van der Waals surface area contributed by atoms with Crippen molar-refractivity contribution in [1.82, 2.24) is 0 Å². The molecule has 1 N–H and O–H groups in total. The lowest BCUT2D eigenvalue weighted by Gasteiger charge is -2.12. The standard InChI is InChI=1S/C16H17ClO/c1-2-4-12-7-9-13(10-8-12)16(18)14-5-3-6-15(17)11-14/h3,5-11,16,18H,2,4H2,1H3. The summed E-state index contributed by atoms with van der Waals surface area (Å²) in [4.78, 5) is 0. The van der Waals surface area contributed by atoms with Crippen LogP contribution in [0, 0.1) is 0 Å². The van der Waals surface area contributed by atoms with Gasteiger partial charge in [-0.05, 0) is 35.2 Å².